The lowest BCUT2D eigenvalue weighted by atomic mass is 10.1. The first-order valence-electron chi connectivity index (χ1n) is 5.54. The summed E-state index contributed by atoms with van der Waals surface area (Å²) in [4.78, 5) is 11.9. The Morgan fingerprint density at radius 2 is 1.95 bits per heavy atom. The van der Waals surface area contributed by atoms with E-state index < -0.39 is 4.92 Å². The van der Waals surface area contributed by atoms with Gasteiger partial charge in [-0.05, 0) is 24.6 Å². The Labute approximate surface area is 114 Å². The van der Waals surface area contributed by atoms with Crippen molar-refractivity contribution in [1.29, 1.82) is 5.26 Å². The highest BCUT2D eigenvalue weighted by Gasteiger charge is 2.16. The Bertz CT molecular complexity index is 677. The molecule has 0 aromatic heterocycles. The molecule has 0 unspecified atom stereocenters. The van der Waals surface area contributed by atoms with Crippen LogP contribution in [0.4, 0.5) is 5.69 Å². The number of nitriles is 1. The number of rotatable bonds is 3. The number of para-hydroxylation sites is 1. The maximum absolute atomic E-state index is 11.0. The predicted molar refractivity (Wildman–Crippen MR) is 73.1 cm³/mol. The van der Waals surface area contributed by atoms with Crippen molar-refractivity contribution in [2.75, 3.05) is 0 Å². The number of nitro benzene ring substituents is 1. The average molecular weight is 270 g/mol. The van der Waals surface area contributed by atoms with Crippen molar-refractivity contribution in [3.63, 3.8) is 0 Å². The fraction of sp³-hybridized carbons (Fsp3) is 0.0714. The average Bonchev–Trinajstić information content (AvgIpc) is 2.41. The molecule has 0 heterocycles. The second kappa shape index (κ2) is 5.55. The van der Waals surface area contributed by atoms with Crippen molar-refractivity contribution >= 4 is 17.4 Å². The largest absolute Gasteiger partial charge is 0.283 e. The van der Waals surface area contributed by atoms with Gasteiger partial charge in [-0.1, -0.05) is 36.0 Å². The summed E-state index contributed by atoms with van der Waals surface area (Å²) in [6.45, 7) is 1.89. The Balaban J connectivity index is 2.49. The third-order valence-electron chi connectivity index (χ3n) is 2.61. The molecule has 0 amide bonds. The Hall–Kier alpha value is -2.32. The van der Waals surface area contributed by atoms with Gasteiger partial charge in [0.05, 0.1) is 15.4 Å². The van der Waals surface area contributed by atoms with Crippen LogP contribution in [0.25, 0.3) is 0 Å². The number of benzene rings is 2. The molecular weight excluding hydrogens is 260 g/mol. The third-order valence-corrected chi connectivity index (χ3v) is 3.92. The van der Waals surface area contributed by atoms with Gasteiger partial charge < -0.3 is 0 Å². The molecule has 0 fully saturated rings. The summed E-state index contributed by atoms with van der Waals surface area (Å²) in [5, 5.41) is 20.1. The summed E-state index contributed by atoms with van der Waals surface area (Å²) < 4.78 is 0. The summed E-state index contributed by atoms with van der Waals surface area (Å²) in [5.74, 6) is 0. The first kappa shape index (κ1) is 13.1. The molecule has 0 radical (unpaired) electrons. The summed E-state index contributed by atoms with van der Waals surface area (Å²) in [6, 6.07) is 14.1. The second-order valence-electron chi connectivity index (χ2n) is 3.89. The minimum atomic E-state index is -0.410. The van der Waals surface area contributed by atoms with Gasteiger partial charge in [0.2, 0.25) is 0 Å². The van der Waals surface area contributed by atoms with Crippen LogP contribution in [0.5, 0.6) is 0 Å². The zero-order valence-corrected chi connectivity index (χ0v) is 11.0. The van der Waals surface area contributed by atoms with Crippen LogP contribution in [0.15, 0.2) is 52.3 Å². The lowest BCUT2D eigenvalue weighted by Gasteiger charge is -2.07. The highest BCUT2D eigenvalue weighted by Crippen LogP contribution is 2.37. The number of hydrogen-bond donors (Lipinski definition) is 0. The van der Waals surface area contributed by atoms with E-state index in [1.165, 1.54) is 17.8 Å². The predicted octanol–water partition coefficient (Wildman–Crippen LogP) is 3.93. The lowest BCUT2D eigenvalue weighted by Crippen LogP contribution is -1.91. The van der Waals surface area contributed by atoms with E-state index in [1.807, 2.05) is 13.0 Å². The molecule has 2 rings (SSSR count). The minimum absolute atomic E-state index is 0.0552. The van der Waals surface area contributed by atoms with Gasteiger partial charge in [-0.15, -0.1) is 0 Å². The lowest BCUT2D eigenvalue weighted by molar-refractivity contribution is -0.387. The molecule has 0 aliphatic heterocycles. The first-order chi connectivity index (χ1) is 9.13. The van der Waals surface area contributed by atoms with Crippen molar-refractivity contribution in [2.45, 2.75) is 16.7 Å². The van der Waals surface area contributed by atoms with Crippen molar-refractivity contribution < 1.29 is 4.92 Å². The molecule has 0 bridgehead atoms. The first-order valence-corrected chi connectivity index (χ1v) is 6.36. The van der Waals surface area contributed by atoms with Gasteiger partial charge in [-0.3, -0.25) is 10.1 Å². The molecule has 94 valence electrons. The van der Waals surface area contributed by atoms with Crippen LogP contribution >= 0.6 is 11.8 Å². The second-order valence-corrected chi connectivity index (χ2v) is 4.94. The summed E-state index contributed by atoms with van der Waals surface area (Å²) in [7, 11) is 0. The highest BCUT2D eigenvalue weighted by atomic mass is 32.2. The van der Waals surface area contributed by atoms with Gasteiger partial charge in [0.1, 0.15) is 6.07 Å². The van der Waals surface area contributed by atoms with E-state index in [4.69, 9.17) is 5.26 Å². The Morgan fingerprint density at radius 1 is 1.21 bits per heavy atom. The molecule has 5 heteroatoms. The van der Waals surface area contributed by atoms with E-state index >= 15 is 0 Å². The van der Waals surface area contributed by atoms with E-state index in [-0.39, 0.29) is 5.69 Å². The summed E-state index contributed by atoms with van der Waals surface area (Å²) in [5.41, 5.74) is 1.52. The SMILES string of the molecule is Cc1cccc(C#N)c1Sc1ccccc1[N+](=O)[O-]. The van der Waals surface area contributed by atoms with Crippen LogP contribution in [0, 0.1) is 28.4 Å². The van der Waals surface area contributed by atoms with Gasteiger partial charge in [0, 0.05) is 11.0 Å². The number of nitro groups is 1. The topological polar surface area (TPSA) is 66.9 Å². The summed E-state index contributed by atoms with van der Waals surface area (Å²) in [6.07, 6.45) is 0. The van der Waals surface area contributed by atoms with E-state index in [1.54, 1.807) is 30.3 Å². The van der Waals surface area contributed by atoms with Crippen LogP contribution in [-0.2, 0) is 0 Å². The van der Waals surface area contributed by atoms with Gasteiger partial charge in [-0.25, -0.2) is 0 Å². The van der Waals surface area contributed by atoms with Crippen LogP contribution in [0.2, 0.25) is 0 Å². The van der Waals surface area contributed by atoms with E-state index in [0.717, 1.165) is 10.5 Å². The standard InChI is InChI=1S/C14H10N2O2S/c1-10-5-4-6-11(9-15)14(10)19-13-8-3-2-7-12(13)16(17)18/h2-8H,1H3. The van der Waals surface area contributed by atoms with Crippen LogP contribution in [-0.4, -0.2) is 4.92 Å². The maximum atomic E-state index is 11.0. The van der Waals surface area contributed by atoms with E-state index in [9.17, 15) is 10.1 Å². The van der Waals surface area contributed by atoms with Gasteiger partial charge in [0.25, 0.3) is 5.69 Å². The van der Waals surface area contributed by atoms with Crippen LogP contribution in [0.1, 0.15) is 11.1 Å². The molecule has 2 aromatic carbocycles. The molecule has 0 saturated heterocycles. The van der Waals surface area contributed by atoms with Crippen LogP contribution < -0.4 is 0 Å². The van der Waals surface area contributed by atoms with Gasteiger partial charge >= 0.3 is 0 Å². The molecule has 2 aromatic rings. The molecule has 0 saturated carbocycles. The fourth-order valence-electron chi connectivity index (χ4n) is 1.68. The zero-order chi connectivity index (χ0) is 13.8. The van der Waals surface area contributed by atoms with Crippen molar-refractivity contribution in [1.82, 2.24) is 0 Å². The molecule has 4 nitrogen and oxygen atoms in total. The fourth-order valence-corrected chi connectivity index (χ4v) is 2.75. The number of hydrogen-bond acceptors (Lipinski definition) is 4. The molecule has 0 aliphatic rings. The normalized spacial score (nSPS) is 9.89. The smallest absolute Gasteiger partial charge is 0.258 e. The third kappa shape index (κ3) is 2.75. The molecule has 19 heavy (non-hydrogen) atoms. The van der Waals surface area contributed by atoms with E-state index in [2.05, 4.69) is 6.07 Å². The van der Waals surface area contributed by atoms with Crippen molar-refractivity contribution in [2.24, 2.45) is 0 Å². The highest BCUT2D eigenvalue weighted by molar-refractivity contribution is 7.99. The molecule has 0 N–H and O–H groups in total. The Morgan fingerprint density at radius 3 is 2.63 bits per heavy atom. The minimum Gasteiger partial charge on any atom is -0.258 e. The molecule has 0 aliphatic carbocycles. The molecule has 0 atom stereocenters. The molecule has 0 spiro atoms. The van der Waals surface area contributed by atoms with Crippen molar-refractivity contribution in [3.05, 3.63) is 63.7 Å². The molecular formula is C14H10N2O2S. The van der Waals surface area contributed by atoms with Crippen molar-refractivity contribution in [3.8, 4) is 6.07 Å². The Kier molecular flexibility index (Phi) is 3.83. The van der Waals surface area contributed by atoms with Crippen LogP contribution in [0.3, 0.4) is 0 Å². The van der Waals surface area contributed by atoms with Gasteiger partial charge in [-0.2, -0.15) is 5.26 Å². The van der Waals surface area contributed by atoms with Gasteiger partial charge in [0.15, 0.2) is 0 Å². The summed E-state index contributed by atoms with van der Waals surface area (Å²) >= 11 is 1.26. The quantitative estimate of drug-likeness (QED) is 0.626. The van der Waals surface area contributed by atoms with E-state index in [0.29, 0.717) is 10.5 Å². The zero-order valence-electron chi connectivity index (χ0n) is 10.2. The number of nitrogens with zero attached hydrogens (tertiary/aromatic N) is 2. The monoisotopic (exact) mass is 270 g/mol. The maximum Gasteiger partial charge on any atom is 0.283 e. The number of aryl methyl sites for hydroxylation is 1.